The van der Waals surface area contributed by atoms with E-state index in [0.29, 0.717) is 23.2 Å². The summed E-state index contributed by atoms with van der Waals surface area (Å²) >= 11 is 3.28. The number of benzene rings is 2. The Bertz CT molecular complexity index is 793. The van der Waals surface area contributed by atoms with Gasteiger partial charge in [-0.2, -0.15) is 0 Å². The smallest absolute Gasteiger partial charge is 0.244 e. The fourth-order valence-corrected chi connectivity index (χ4v) is 4.11. The van der Waals surface area contributed by atoms with Gasteiger partial charge in [-0.25, -0.2) is 13.1 Å². The molecule has 0 radical (unpaired) electrons. The first-order chi connectivity index (χ1) is 11.5. The van der Waals surface area contributed by atoms with E-state index < -0.39 is 10.0 Å². The van der Waals surface area contributed by atoms with E-state index >= 15 is 0 Å². The monoisotopic (exact) mass is 413 g/mol. The molecule has 2 aromatic rings. The minimum absolute atomic E-state index is 0.122. The van der Waals surface area contributed by atoms with E-state index in [1.807, 2.05) is 24.3 Å². The predicted molar refractivity (Wildman–Crippen MR) is 97.2 cm³/mol. The molecule has 0 aromatic heterocycles. The van der Waals surface area contributed by atoms with Crippen LogP contribution < -0.4 is 14.2 Å². The average Bonchev–Trinajstić information content (AvgIpc) is 2.59. The Labute approximate surface area is 151 Å². The van der Waals surface area contributed by atoms with Crippen LogP contribution in [0, 0.1) is 0 Å². The fraction of sp³-hybridized carbons (Fsp3) is 0.294. The number of aryl methyl sites for hydroxylation is 1. The zero-order chi connectivity index (χ0) is 17.6. The van der Waals surface area contributed by atoms with Crippen molar-refractivity contribution >= 4 is 26.0 Å². The van der Waals surface area contributed by atoms with Gasteiger partial charge in [0.05, 0.1) is 14.2 Å². The Morgan fingerprint density at radius 1 is 1.04 bits per heavy atom. The van der Waals surface area contributed by atoms with E-state index in [-0.39, 0.29) is 4.90 Å². The van der Waals surface area contributed by atoms with Gasteiger partial charge in [-0.15, -0.1) is 0 Å². The molecule has 0 aliphatic rings. The zero-order valence-electron chi connectivity index (χ0n) is 13.6. The van der Waals surface area contributed by atoms with Crippen molar-refractivity contribution in [1.82, 2.24) is 4.72 Å². The Balaban J connectivity index is 2.00. The summed E-state index contributed by atoms with van der Waals surface area (Å²) in [5.74, 6) is 1.13. The normalized spacial score (nSPS) is 11.3. The summed E-state index contributed by atoms with van der Waals surface area (Å²) in [5, 5.41) is 0. The number of para-hydroxylation sites is 1. The maximum Gasteiger partial charge on any atom is 0.244 e. The first-order valence-corrected chi connectivity index (χ1v) is 9.70. The molecule has 24 heavy (non-hydrogen) atoms. The Morgan fingerprint density at radius 2 is 1.75 bits per heavy atom. The highest BCUT2D eigenvalue weighted by Gasteiger charge is 2.19. The topological polar surface area (TPSA) is 64.6 Å². The van der Waals surface area contributed by atoms with Gasteiger partial charge in [-0.3, -0.25) is 0 Å². The first kappa shape index (κ1) is 18.8. The summed E-state index contributed by atoms with van der Waals surface area (Å²) in [7, 11) is -0.557. The minimum atomic E-state index is -3.63. The fourth-order valence-electron chi connectivity index (χ4n) is 2.33. The zero-order valence-corrected chi connectivity index (χ0v) is 16.0. The van der Waals surface area contributed by atoms with Crippen LogP contribution in [0.1, 0.15) is 12.0 Å². The lowest BCUT2D eigenvalue weighted by molar-refractivity contribution is 0.402. The molecule has 0 saturated heterocycles. The number of hydrogen-bond donors (Lipinski definition) is 1. The molecule has 0 fully saturated rings. The maximum atomic E-state index is 12.5. The van der Waals surface area contributed by atoms with E-state index in [0.717, 1.165) is 17.7 Å². The highest BCUT2D eigenvalue weighted by Crippen LogP contribution is 2.27. The molecule has 0 atom stereocenters. The van der Waals surface area contributed by atoms with Gasteiger partial charge in [0, 0.05) is 11.0 Å². The number of halogens is 1. The van der Waals surface area contributed by atoms with Crippen molar-refractivity contribution in [2.24, 2.45) is 0 Å². The second kappa shape index (κ2) is 8.50. The van der Waals surface area contributed by atoms with E-state index in [1.54, 1.807) is 19.2 Å². The van der Waals surface area contributed by atoms with E-state index in [2.05, 4.69) is 20.7 Å². The third-order valence-electron chi connectivity index (χ3n) is 3.52. The van der Waals surface area contributed by atoms with Crippen LogP contribution in [0.25, 0.3) is 0 Å². The lowest BCUT2D eigenvalue weighted by Crippen LogP contribution is -2.25. The summed E-state index contributed by atoms with van der Waals surface area (Å²) in [6, 6.07) is 12.6. The van der Waals surface area contributed by atoms with Gasteiger partial charge in [-0.1, -0.05) is 34.1 Å². The van der Waals surface area contributed by atoms with Crippen molar-refractivity contribution in [3.8, 4) is 11.5 Å². The van der Waals surface area contributed by atoms with E-state index in [1.165, 1.54) is 13.2 Å². The molecule has 0 bridgehead atoms. The second-order valence-corrected chi connectivity index (χ2v) is 7.76. The second-order valence-electron chi connectivity index (χ2n) is 5.11. The quantitative estimate of drug-likeness (QED) is 0.673. The van der Waals surface area contributed by atoms with Gasteiger partial charge in [0.1, 0.15) is 16.4 Å². The summed E-state index contributed by atoms with van der Waals surface area (Å²) in [6.07, 6.45) is 1.39. The third kappa shape index (κ3) is 4.72. The standard InChI is InChI=1S/C17H20BrNO4S/c1-22-15-8-4-3-6-13(15)7-5-11-19-24(20,21)17-12-14(18)9-10-16(17)23-2/h3-4,6,8-10,12,19H,5,7,11H2,1-2H3. The van der Waals surface area contributed by atoms with Crippen LogP contribution >= 0.6 is 15.9 Å². The molecule has 0 unspecified atom stereocenters. The molecule has 0 spiro atoms. The Kier molecular flexibility index (Phi) is 6.65. The number of sulfonamides is 1. The molecular formula is C17H20BrNO4S. The van der Waals surface area contributed by atoms with Crippen LogP contribution in [0.2, 0.25) is 0 Å². The first-order valence-electron chi connectivity index (χ1n) is 7.43. The summed E-state index contributed by atoms with van der Waals surface area (Å²) in [6.45, 7) is 0.329. The van der Waals surface area contributed by atoms with Crippen LogP contribution in [-0.4, -0.2) is 29.2 Å². The molecule has 0 saturated carbocycles. The van der Waals surface area contributed by atoms with Crippen molar-refractivity contribution < 1.29 is 17.9 Å². The Morgan fingerprint density at radius 3 is 2.46 bits per heavy atom. The van der Waals surface area contributed by atoms with E-state index in [9.17, 15) is 8.42 Å². The molecule has 130 valence electrons. The SMILES string of the molecule is COc1ccccc1CCCNS(=O)(=O)c1cc(Br)ccc1OC. The van der Waals surface area contributed by atoms with Gasteiger partial charge in [0.25, 0.3) is 0 Å². The van der Waals surface area contributed by atoms with Crippen molar-refractivity contribution in [3.63, 3.8) is 0 Å². The lowest BCUT2D eigenvalue weighted by Gasteiger charge is -2.12. The maximum absolute atomic E-state index is 12.5. The molecule has 0 heterocycles. The van der Waals surface area contributed by atoms with Crippen molar-refractivity contribution in [3.05, 3.63) is 52.5 Å². The van der Waals surface area contributed by atoms with Crippen LogP contribution in [0.5, 0.6) is 11.5 Å². The van der Waals surface area contributed by atoms with Crippen molar-refractivity contribution in [2.45, 2.75) is 17.7 Å². The molecule has 7 heteroatoms. The number of rotatable bonds is 8. The van der Waals surface area contributed by atoms with Crippen molar-refractivity contribution in [1.29, 1.82) is 0 Å². The molecule has 1 N–H and O–H groups in total. The molecular weight excluding hydrogens is 394 g/mol. The Hall–Kier alpha value is -1.57. The van der Waals surface area contributed by atoms with Crippen LogP contribution in [0.4, 0.5) is 0 Å². The number of ether oxygens (including phenoxy) is 2. The largest absolute Gasteiger partial charge is 0.496 e. The molecule has 2 rings (SSSR count). The average molecular weight is 414 g/mol. The summed E-state index contributed by atoms with van der Waals surface area (Å²) < 4.78 is 38.6. The van der Waals surface area contributed by atoms with Gasteiger partial charge in [0.2, 0.25) is 10.0 Å². The van der Waals surface area contributed by atoms with Gasteiger partial charge >= 0.3 is 0 Å². The minimum Gasteiger partial charge on any atom is -0.496 e. The predicted octanol–water partition coefficient (Wildman–Crippen LogP) is 3.38. The molecule has 2 aromatic carbocycles. The van der Waals surface area contributed by atoms with Crippen molar-refractivity contribution in [2.75, 3.05) is 20.8 Å². The third-order valence-corrected chi connectivity index (χ3v) is 5.50. The number of hydrogen-bond acceptors (Lipinski definition) is 4. The van der Waals surface area contributed by atoms with Gasteiger partial charge in [0.15, 0.2) is 0 Å². The number of methoxy groups -OCH3 is 2. The van der Waals surface area contributed by atoms with Crippen LogP contribution in [0.15, 0.2) is 51.8 Å². The summed E-state index contributed by atoms with van der Waals surface area (Å²) in [4.78, 5) is 0.122. The molecule has 0 amide bonds. The van der Waals surface area contributed by atoms with Crippen LogP contribution in [0.3, 0.4) is 0 Å². The van der Waals surface area contributed by atoms with Gasteiger partial charge < -0.3 is 9.47 Å². The number of nitrogens with one attached hydrogen (secondary N) is 1. The highest BCUT2D eigenvalue weighted by atomic mass is 79.9. The van der Waals surface area contributed by atoms with Gasteiger partial charge in [-0.05, 0) is 42.7 Å². The summed E-state index contributed by atoms with van der Waals surface area (Å²) in [5.41, 5.74) is 1.05. The molecule has 0 aliphatic carbocycles. The lowest BCUT2D eigenvalue weighted by atomic mass is 10.1. The van der Waals surface area contributed by atoms with Crippen LogP contribution in [-0.2, 0) is 16.4 Å². The van der Waals surface area contributed by atoms with E-state index in [4.69, 9.17) is 9.47 Å². The molecule has 5 nitrogen and oxygen atoms in total. The highest BCUT2D eigenvalue weighted by molar-refractivity contribution is 9.10. The molecule has 0 aliphatic heterocycles.